The van der Waals surface area contributed by atoms with E-state index in [0.29, 0.717) is 6.61 Å². The monoisotopic (exact) mass is 266 g/mol. The molecular weight excluding hydrogens is 248 g/mol. The number of fused-ring (bicyclic) bond motifs is 1. The lowest BCUT2D eigenvalue weighted by Crippen LogP contribution is -1.91. The summed E-state index contributed by atoms with van der Waals surface area (Å²) >= 11 is 0. The van der Waals surface area contributed by atoms with E-state index in [1.54, 1.807) is 0 Å². The van der Waals surface area contributed by atoms with Crippen molar-refractivity contribution in [2.45, 2.75) is 20.8 Å². The van der Waals surface area contributed by atoms with E-state index in [1.807, 2.05) is 31.2 Å². The quantitative estimate of drug-likeness (QED) is 0.769. The zero-order chi connectivity index (χ0) is 14.1. The highest BCUT2D eigenvalue weighted by atomic mass is 16.5. The molecule has 0 unspecified atom stereocenters. The Morgan fingerprint density at radius 3 is 2.70 bits per heavy atom. The van der Waals surface area contributed by atoms with Crippen LogP contribution >= 0.6 is 0 Å². The van der Waals surface area contributed by atoms with Gasteiger partial charge in [0.05, 0.1) is 17.6 Å². The van der Waals surface area contributed by atoms with Crippen LogP contribution < -0.4 is 4.74 Å². The van der Waals surface area contributed by atoms with E-state index in [1.165, 1.54) is 11.1 Å². The van der Waals surface area contributed by atoms with Crippen molar-refractivity contribution < 1.29 is 4.74 Å². The zero-order valence-electron chi connectivity index (χ0n) is 12.0. The summed E-state index contributed by atoms with van der Waals surface area (Å²) in [6.45, 7) is 6.88. The van der Waals surface area contributed by atoms with Crippen LogP contribution in [-0.2, 0) is 0 Å². The predicted molar refractivity (Wildman–Crippen MR) is 82.2 cm³/mol. The first-order chi connectivity index (χ1) is 9.67. The van der Waals surface area contributed by atoms with E-state index in [9.17, 15) is 0 Å². The van der Waals surface area contributed by atoms with Crippen molar-refractivity contribution in [3.8, 4) is 17.1 Å². The third kappa shape index (κ3) is 2.27. The third-order valence-electron chi connectivity index (χ3n) is 3.52. The van der Waals surface area contributed by atoms with Gasteiger partial charge in [-0.25, -0.2) is 4.98 Å². The van der Waals surface area contributed by atoms with Crippen LogP contribution in [0.15, 0.2) is 36.4 Å². The fraction of sp³-hybridized carbons (Fsp3) is 0.235. The lowest BCUT2D eigenvalue weighted by atomic mass is 10.1. The van der Waals surface area contributed by atoms with E-state index in [0.717, 1.165) is 28.2 Å². The van der Waals surface area contributed by atoms with Crippen LogP contribution in [0.5, 0.6) is 5.75 Å². The zero-order valence-corrected chi connectivity index (χ0v) is 12.0. The fourth-order valence-corrected chi connectivity index (χ4v) is 2.31. The number of hydrogen-bond donors (Lipinski definition) is 1. The summed E-state index contributed by atoms with van der Waals surface area (Å²) in [6, 6.07) is 12.3. The second kappa shape index (κ2) is 5.00. The number of aryl methyl sites for hydroxylation is 2. The maximum atomic E-state index is 5.54. The number of hydrogen-bond acceptors (Lipinski definition) is 2. The highest BCUT2D eigenvalue weighted by Crippen LogP contribution is 2.25. The van der Waals surface area contributed by atoms with Crippen molar-refractivity contribution in [1.29, 1.82) is 0 Å². The molecule has 0 radical (unpaired) electrons. The predicted octanol–water partition coefficient (Wildman–Crippen LogP) is 4.25. The Kier molecular flexibility index (Phi) is 3.18. The molecule has 2 aromatic carbocycles. The normalized spacial score (nSPS) is 10.9. The van der Waals surface area contributed by atoms with Crippen LogP contribution in [-0.4, -0.2) is 16.6 Å². The second-order valence-electron chi connectivity index (χ2n) is 5.00. The standard InChI is InChI=1S/C17H18N2O/c1-4-20-14-7-5-6-13(10-14)17-18-15-8-11(2)12(3)9-16(15)19-17/h5-10H,4H2,1-3H3,(H,18,19). The molecule has 0 saturated carbocycles. The summed E-state index contributed by atoms with van der Waals surface area (Å²) in [4.78, 5) is 8.06. The van der Waals surface area contributed by atoms with Gasteiger partial charge in [-0.15, -0.1) is 0 Å². The maximum Gasteiger partial charge on any atom is 0.138 e. The van der Waals surface area contributed by atoms with Gasteiger partial charge in [-0.1, -0.05) is 12.1 Å². The number of aromatic nitrogens is 2. The molecule has 0 aliphatic carbocycles. The van der Waals surface area contributed by atoms with E-state index < -0.39 is 0 Å². The van der Waals surface area contributed by atoms with Crippen molar-refractivity contribution >= 4 is 11.0 Å². The third-order valence-corrected chi connectivity index (χ3v) is 3.52. The number of imidazole rings is 1. The molecule has 20 heavy (non-hydrogen) atoms. The summed E-state index contributed by atoms with van der Waals surface area (Å²) < 4.78 is 5.54. The first kappa shape index (κ1) is 12.7. The van der Waals surface area contributed by atoms with Crippen molar-refractivity contribution in [1.82, 2.24) is 9.97 Å². The number of benzene rings is 2. The van der Waals surface area contributed by atoms with E-state index in [-0.39, 0.29) is 0 Å². The van der Waals surface area contributed by atoms with Gasteiger partial charge in [0.2, 0.25) is 0 Å². The highest BCUT2D eigenvalue weighted by Gasteiger charge is 2.07. The molecule has 0 aliphatic heterocycles. The molecule has 3 nitrogen and oxygen atoms in total. The van der Waals surface area contributed by atoms with Crippen LogP contribution in [0, 0.1) is 13.8 Å². The first-order valence-corrected chi connectivity index (χ1v) is 6.87. The number of ether oxygens (including phenoxy) is 1. The smallest absolute Gasteiger partial charge is 0.138 e. The first-order valence-electron chi connectivity index (χ1n) is 6.87. The lowest BCUT2D eigenvalue weighted by molar-refractivity contribution is 0.340. The van der Waals surface area contributed by atoms with Crippen LogP contribution in [0.2, 0.25) is 0 Å². The fourth-order valence-electron chi connectivity index (χ4n) is 2.31. The van der Waals surface area contributed by atoms with Crippen molar-refractivity contribution in [3.05, 3.63) is 47.5 Å². The Morgan fingerprint density at radius 1 is 1.10 bits per heavy atom. The number of aromatic amines is 1. The van der Waals surface area contributed by atoms with Gasteiger partial charge >= 0.3 is 0 Å². The van der Waals surface area contributed by atoms with Gasteiger partial charge < -0.3 is 9.72 Å². The minimum absolute atomic E-state index is 0.669. The number of H-pyrrole nitrogens is 1. The summed E-state index contributed by atoms with van der Waals surface area (Å²) in [5.74, 6) is 1.75. The molecular formula is C17H18N2O. The van der Waals surface area contributed by atoms with Crippen molar-refractivity contribution in [2.24, 2.45) is 0 Å². The molecule has 0 spiro atoms. The molecule has 1 heterocycles. The number of rotatable bonds is 3. The number of nitrogens with zero attached hydrogens (tertiary/aromatic N) is 1. The Hall–Kier alpha value is -2.29. The van der Waals surface area contributed by atoms with Gasteiger partial charge in [-0.2, -0.15) is 0 Å². The topological polar surface area (TPSA) is 37.9 Å². The minimum atomic E-state index is 0.669. The van der Waals surface area contributed by atoms with Crippen LogP contribution in [0.3, 0.4) is 0 Å². The molecule has 0 bridgehead atoms. The molecule has 0 saturated heterocycles. The van der Waals surface area contributed by atoms with Crippen LogP contribution in [0.1, 0.15) is 18.1 Å². The SMILES string of the molecule is CCOc1cccc(-c2nc3cc(C)c(C)cc3[nH]2)c1. The maximum absolute atomic E-state index is 5.54. The molecule has 0 aliphatic rings. The van der Waals surface area contributed by atoms with Crippen LogP contribution in [0.25, 0.3) is 22.4 Å². The summed E-state index contributed by atoms with van der Waals surface area (Å²) in [7, 11) is 0. The lowest BCUT2D eigenvalue weighted by Gasteiger charge is -2.03. The Bertz CT molecular complexity index is 720. The molecule has 3 aromatic rings. The molecule has 0 atom stereocenters. The molecule has 0 amide bonds. The van der Waals surface area contributed by atoms with E-state index in [2.05, 4.69) is 35.9 Å². The average molecular weight is 266 g/mol. The molecule has 102 valence electrons. The summed E-state index contributed by atoms with van der Waals surface area (Å²) in [5, 5.41) is 0. The summed E-state index contributed by atoms with van der Waals surface area (Å²) in [6.07, 6.45) is 0. The Morgan fingerprint density at radius 2 is 1.90 bits per heavy atom. The van der Waals surface area contributed by atoms with Gasteiger partial charge in [-0.3, -0.25) is 0 Å². The molecule has 1 aromatic heterocycles. The van der Waals surface area contributed by atoms with E-state index >= 15 is 0 Å². The van der Waals surface area contributed by atoms with Crippen molar-refractivity contribution in [2.75, 3.05) is 6.61 Å². The Balaban J connectivity index is 2.07. The van der Waals surface area contributed by atoms with Gasteiger partial charge in [0.25, 0.3) is 0 Å². The Labute approximate surface area is 118 Å². The van der Waals surface area contributed by atoms with Crippen molar-refractivity contribution in [3.63, 3.8) is 0 Å². The number of nitrogens with one attached hydrogen (secondary N) is 1. The highest BCUT2D eigenvalue weighted by molar-refractivity contribution is 5.81. The minimum Gasteiger partial charge on any atom is -0.494 e. The molecule has 3 heteroatoms. The average Bonchev–Trinajstić information content (AvgIpc) is 2.83. The van der Waals surface area contributed by atoms with E-state index in [4.69, 9.17) is 4.74 Å². The molecule has 1 N–H and O–H groups in total. The van der Waals surface area contributed by atoms with Gasteiger partial charge in [0.15, 0.2) is 0 Å². The molecule has 0 fully saturated rings. The largest absolute Gasteiger partial charge is 0.494 e. The van der Waals surface area contributed by atoms with Gasteiger partial charge in [-0.05, 0) is 56.2 Å². The van der Waals surface area contributed by atoms with Gasteiger partial charge in [0, 0.05) is 5.56 Å². The van der Waals surface area contributed by atoms with Gasteiger partial charge in [0.1, 0.15) is 11.6 Å². The summed E-state index contributed by atoms with van der Waals surface area (Å²) in [5.41, 5.74) is 5.66. The molecule has 3 rings (SSSR count). The second-order valence-corrected chi connectivity index (χ2v) is 5.00. The van der Waals surface area contributed by atoms with Crippen LogP contribution in [0.4, 0.5) is 0 Å².